The van der Waals surface area contributed by atoms with E-state index in [-0.39, 0.29) is 11.5 Å². The van der Waals surface area contributed by atoms with Crippen LogP contribution in [-0.2, 0) is 0 Å². The number of rotatable bonds is 32. The number of hydrogen-bond donors (Lipinski definition) is 2. The third-order valence-electron chi connectivity index (χ3n) is 10.1. The van der Waals surface area contributed by atoms with Crippen LogP contribution in [0.15, 0.2) is 70.6 Å². The normalized spacial score (nSPS) is 11.6. The fourth-order valence-electron chi connectivity index (χ4n) is 6.73. The molecule has 0 saturated carbocycles. The van der Waals surface area contributed by atoms with E-state index in [1.807, 2.05) is 48.5 Å². The van der Waals surface area contributed by atoms with Gasteiger partial charge in [-0.25, -0.2) is 0 Å². The first kappa shape index (κ1) is 44.6. The summed E-state index contributed by atoms with van der Waals surface area (Å²) in [5.74, 6) is 1.13. The molecule has 298 valence electrons. The molecule has 2 N–H and O–H groups in total. The molecule has 0 aromatic heterocycles. The fraction of sp³-hybridized carbons (Fsp3) is 0.583. The van der Waals surface area contributed by atoms with Crippen molar-refractivity contribution < 1.29 is 19.7 Å². The van der Waals surface area contributed by atoms with E-state index < -0.39 is 0 Å². The number of phenols is 2. The molecule has 0 aliphatic heterocycles. The first-order chi connectivity index (χ1) is 26.6. The summed E-state index contributed by atoms with van der Waals surface area (Å²) < 4.78 is 11.9. The molecule has 0 aliphatic carbocycles. The lowest BCUT2D eigenvalue weighted by Gasteiger charge is -2.10. The van der Waals surface area contributed by atoms with E-state index in [0.29, 0.717) is 47.2 Å². The molecule has 6 heteroatoms. The molecule has 54 heavy (non-hydrogen) atoms. The third kappa shape index (κ3) is 19.0. The van der Waals surface area contributed by atoms with Crippen molar-refractivity contribution in [1.82, 2.24) is 0 Å². The fourth-order valence-corrected chi connectivity index (χ4v) is 6.73. The minimum absolute atomic E-state index is 0.0893. The molecule has 3 rings (SSSR count). The molecule has 0 spiro atoms. The first-order valence-electron chi connectivity index (χ1n) is 21.7. The molecule has 0 saturated heterocycles. The summed E-state index contributed by atoms with van der Waals surface area (Å²) in [5, 5.41) is 21.8. The number of ether oxygens (including phenoxy) is 2. The van der Waals surface area contributed by atoms with Crippen LogP contribution >= 0.6 is 0 Å². The second kappa shape index (κ2) is 29.5. The molecule has 0 bridgehead atoms. The number of phenolic OH excluding ortho intramolecular Hbond substituents is 2. The van der Waals surface area contributed by atoms with Gasteiger partial charge < -0.3 is 19.7 Å². The predicted octanol–water partition coefficient (Wildman–Crippen LogP) is 14.8. The molecule has 0 aliphatic rings. The SMILES string of the molecule is CCCCCCCCCCCCCCOc1cccc(C=Nc2ccccc2N=Cc2cccc(OCCCCCCCCCCCCCC)c2O)c1O. The Labute approximate surface area is 328 Å². The first-order valence-corrected chi connectivity index (χ1v) is 21.7. The van der Waals surface area contributed by atoms with Crippen molar-refractivity contribution in [1.29, 1.82) is 0 Å². The van der Waals surface area contributed by atoms with Gasteiger partial charge >= 0.3 is 0 Å². The lowest BCUT2D eigenvalue weighted by Crippen LogP contribution is -1.98. The van der Waals surface area contributed by atoms with Crippen molar-refractivity contribution >= 4 is 23.8 Å². The molecular formula is C48H72N2O4. The van der Waals surface area contributed by atoms with Gasteiger partial charge in [0.1, 0.15) is 0 Å². The Bertz CT molecular complexity index is 1340. The van der Waals surface area contributed by atoms with Gasteiger partial charge in [-0.05, 0) is 49.2 Å². The van der Waals surface area contributed by atoms with E-state index in [1.54, 1.807) is 24.6 Å². The topological polar surface area (TPSA) is 83.6 Å². The second-order valence-corrected chi connectivity index (χ2v) is 14.9. The molecule has 0 radical (unpaired) electrons. The highest BCUT2D eigenvalue weighted by Crippen LogP contribution is 2.33. The summed E-state index contributed by atoms with van der Waals surface area (Å²) in [5.41, 5.74) is 2.46. The molecule has 6 nitrogen and oxygen atoms in total. The molecule has 0 atom stereocenters. The highest BCUT2D eigenvalue weighted by atomic mass is 16.5. The number of benzene rings is 3. The number of para-hydroxylation sites is 4. The Balaban J connectivity index is 1.39. The van der Waals surface area contributed by atoms with Crippen LogP contribution in [0.25, 0.3) is 0 Å². The van der Waals surface area contributed by atoms with Crippen molar-refractivity contribution in [3.05, 3.63) is 71.8 Å². The summed E-state index contributed by atoms with van der Waals surface area (Å²) in [6.07, 6.45) is 34.4. The smallest absolute Gasteiger partial charge is 0.166 e. The average molecular weight is 741 g/mol. The summed E-state index contributed by atoms with van der Waals surface area (Å²) in [6.45, 7) is 5.71. The number of nitrogens with zero attached hydrogens (tertiary/aromatic N) is 2. The van der Waals surface area contributed by atoms with Gasteiger partial charge in [-0.3, -0.25) is 9.98 Å². The van der Waals surface area contributed by atoms with Crippen molar-refractivity contribution in [2.45, 2.75) is 168 Å². The van der Waals surface area contributed by atoms with Gasteiger partial charge in [0, 0.05) is 23.6 Å². The van der Waals surface area contributed by atoms with Gasteiger partial charge in [0.05, 0.1) is 24.6 Å². The quantitative estimate of drug-likeness (QED) is 0.0493. The zero-order chi connectivity index (χ0) is 38.3. The van der Waals surface area contributed by atoms with Gasteiger partial charge in [0.2, 0.25) is 0 Å². The van der Waals surface area contributed by atoms with E-state index in [2.05, 4.69) is 23.8 Å². The standard InChI is InChI=1S/C48H72N2O4/c1-3-5-7-9-11-13-15-17-19-21-23-27-37-53-45-35-29-31-41(47(45)51)39-49-43-33-25-26-34-44(43)50-40-42-32-30-36-46(48(42)52)54-38-28-24-22-20-18-16-14-12-10-8-6-4-2/h25-26,29-36,39-40,51-52H,3-24,27-28,37-38H2,1-2H3. The van der Waals surface area contributed by atoms with E-state index in [9.17, 15) is 10.2 Å². The van der Waals surface area contributed by atoms with Gasteiger partial charge in [0.15, 0.2) is 23.0 Å². The van der Waals surface area contributed by atoms with Crippen LogP contribution in [0.5, 0.6) is 23.0 Å². The molecule has 0 unspecified atom stereocenters. The van der Waals surface area contributed by atoms with Gasteiger partial charge in [-0.2, -0.15) is 0 Å². The van der Waals surface area contributed by atoms with Crippen LogP contribution in [0.4, 0.5) is 11.4 Å². The summed E-state index contributed by atoms with van der Waals surface area (Å²) in [7, 11) is 0. The molecular weight excluding hydrogens is 669 g/mol. The summed E-state index contributed by atoms with van der Waals surface area (Å²) in [6, 6.07) is 18.6. The van der Waals surface area contributed by atoms with Crippen LogP contribution in [0.3, 0.4) is 0 Å². The van der Waals surface area contributed by atoms with Crippen LogP contribution in [0.1, 0.15) is 179 Å². The number of aliphatic imine (C=N–C) groups is 2. The zero-order valence-electron chi connectivity index (χ0n) is 33.9. The van der Waals surface area contributed by atoms with Crippen LogP contribution in [-0.4, -0.2) is 35.9 Å². The van der Waals surface area contributed by atoms with Crippen LogP contribution in [0, 0.1) is 0 Å². The average Bonchev–Trinajstić information content (AvgIpc) is 3.19. The molecule has 0 amide bonds. The monoisotopic (exact) mass is 741 g/mol. The Hall–Kier alpha value is -3.80. The number of unbranched alkanes of at least 4 members (excludes halogenated alkanes) is 22. The number of hydrogen-bond acceptors (Lipinski definition) is 6. The van der Waals surface area contributed by atoms with Crippen LogP contribution in [0.2, 0.25) is 0 Å². The van der Waals surface area contributed by atoms with E-state index >= 15 is 0 Å². The maximum absolute atomic E-state index is 10.9. The Morgan fingerprint density at radius 3 is 1.06 bits per heavy atom. The maximum Gasteiger partial charge on any atom is 0.166 e. The molecule has 3 aromatic rings. The Kier molecular flexibility index (Phi) is 24.4. The van der Waals surface area contributed by atoms with Crippen molar-refractivity contribution in [3.8, 4) is 23.0 Å². The van der Waals surface area contributed by atoms with E-state index in [4.69, 9.17) is 9.47 Å². The van der Waals surface area contributed by atoms with E-state index in [1.165, 1.54) is 128 Å². The highest BCUT2D eigenvalue weighted by molar-refractivity contribution is 5.90. The lowest BCUT2D eigenvalue weighted by atomic mass is 10.1. The molecule has 3 aromatic carbocycles. The maximum atomic E-state index is 10.9. The van der Waals surface area contributed by atoms with E-state index in [0.717, 1.165) is 25.7 Å². The summed E-state index contributed by atoms with van der Waals surface area (Å²) in [4.78, 5) is 9.32. The summed E-state index contributed by atoms with van der Waals surface area (Å²) >= 11 is 0. The molecule has 0 heterocycles. The van der Waals surface area contributed by atoms with Gasteiger partial charge in [-0.1, -0.05) is 179 Å². The van der Waals surface area contributed by atoms with Crippen molar-refractivity contribution in [3.63, 3.8) is 0 Å². The van der Waals surface area contributed by atoms with Crippen molar-refractivity contribution in [2.24, 2.45) is 9.98 Å². The highest BCUT2D eigenvalue weighted by Gasteiger charge is 2.09. The minimum atomic E-state index is 0.0893. The second-order valence-electron chi connectivity index (χ2n) is 14.9. The van der Waals surface area contributed by atoms with Crippen LogP contribution < -0.4 is 9.47 Å². The zero-order valence-corrected chi connectivity index (χ0v) is 33.9. The Morgan fingerprint density at radius 2 is 0.722 bits per heavy atom. The predicted molar refractivity (Wildman–Crippen MR) is 230 cm³/mol. The minimum Gasteiger partial charge on any atom is -0.504 e. The van der Waals surface area contributed by atoms with Gasteiger partial charge in [0.25, 0.3) is 0 Å². The van der Waals surface area contributed by atoms with Crippen molar-refractivity contribution in [2.75, 3.05) is 13.2 Å². The van der Waals surface area contributed by atoms with Gasteiger partial charge in [-0.15, -0.1) is 0 Å². The third-order valence-corrected chi connectivity index (χ3v) is 10.1. The lowest BCUT2D eigenvalue weighted by molar-refractivity contribution is 0.288. The molecule has 0 fully saturated rings. The number of aromatic hydroxyl groups is 2. The largest absolute Gasteiger partial charge is 0.504 e. The Morgan fingerprint density at radius 1 is 0.407 bits per heavy atom.